The molecule has 0 spiro atoms. The van der Waals surface area contributed by atoms with Crippen molar-refractivity contribution in [1.29, 1.82) is 0 Å². The predicted molar refractivity (Wildman–Crippen MR) is 132 cm³/mol. The summed E-state index contributed by atoms with van der Waals surface area (Å²) in [6, 6.07) is 22.5. The van der Waals surface area contributed by atoms with Crippen molar-refractivity contribution in [2.24, 2.45) is 0 Å². The van der Waals surface area contributed by atoms with E-state index >= 15 is 0 Å². The van der Waals surface area contributed by atoms with Crippen molar-refractivity contribution in [3.63, 3.8) is 0 Å². The fraction of sp³-hybridized carbons (Fsp3) is 0.0741. The highest BCUT2D eigenvalue weighted by Gasteiger charge is 2.28. The van der Waals surface area contributed by atoms with Gasteiger partial charge in [0, 0.05) is 46.9 Å². The first-order chi connectivity index (χ1) is 16.2. The van der Waals surface area contributed by atoms with Crippen molar-refractivity contribution in [3.8, 4) is 0 Å². The monoisotopic (exact) mass is 451 g/mol. The van der Waals surface area contributed by atoms with Crippen LogP contribution in [0.1, 0.15) is 42.9 Å². The standard InChI is InChI=1S/C27H21N3O2S/c31-25(12-11-19-6-2-1-3-7-19)20-8-4-10-22(16-20)29-26(32)23-13-15-30-24(23)18-33-27(30)21-9-5-14-28-17-21/h1-17,27H,18H2,(H,29,32). The molecule has 0 radical (unpaired) electrons. The Labute approximate surface area is 196 Å². The van der Waals surface area contributed by atoms with Gasteiger partial charge >= 0.3 is 0 Å². The maximum absolute atomic E-state index is 13.0. The van der Waals surface area contributed by atoms with Crippen LogP contribution in [0.2, 0.25) is 0 Å². The van der Waals surface area contributed by atoms with Crippen LogP contribution in [0.5, 0.6) is 0 Å². The molecule has 1 N–H and O–H groups in total. The van der Waals surface area contributed by atoms with Crippen LogP contribution in [0.4, 0.5) is 5.69 Å². The van der Waals surface area contributed by atoms with Crippen LogP contribution >= 0.6 is 11.8 Å². The number of carbonyl (C=O) groups is 2. The molecule has 162 valence electrons. The van der Waals surface area contributed by atoms with Gasteiger partial charge in [0.15, 0.2) is 5.78 Å². The summed E-state index contributed by atoms with van der Waals surface area (Å²) in [5.74, 6) is 0.453. The molecular weight excluding hydrogens is 430 g/mol. The van der Waals surface area contributed by atoms with E-state index < -0.39 is 0 Å². The Bertz CT molecular complexity index is 1330. The van der Waals surface area contributed by atoms with Gasteiger partial charge in [-0.2, -0.15) is 0 Å². The summed E-state index contributed by atoms with van der Waals surface area (Å²) < 4.78 is 2.13. The maximum Gasteiger partial charge on any atom is 0.257 e. The number of amides is 1. The first kappa shape index (κ1) is 21.0. The van der Waals surface area contributed by atoms with Gasteiger partial charge in [0.2, 0.25) is 0 Å². The molecule has 3 heterocycles. The first-order valence-electron chi connectivity index (χ1n) is 10.6. The van der Waals surface area contributed by atoms with Crippen molar-refractivity contribution in [3.05, 3.63) is 125 Å². The summed E-state index contributed by atoms with van der Waals surface area (Å²) in [7, 11) is 0. The number of hydrogen-bond acceptors (Lipinski definition) is 4. The zero-order chi connectivity index (χ0) is 22.6. The predicted octanol–water partition coefficient (Wildman–Crippen LogP) is 5.83. The molecular formula is C27H21N3O2S. The Hall–Kier alpha value is -3.90. The molecule has 0 bridgehead atoms. The van der Waals surface area contributed by atoms with Crippen LogP contribution < -0.4 is 5.32 Å². The Kier molecular flexibility index (Phi) is 5.91. The number of aromatic nitrogens is 2. The van der Waals surface area contributed by atoms with Crippen molar-refractivity contribution in [2.75, 3.05) is 5.32 Å². The highest BCUT2D eigenvalue weighted by molar-refractivity contribution is 7.99. The first-order valence-corrected chi connectivity index (χ1v) is 11.6. The normalized spacial score (nSPS) is 14.8. The number of allylic oxidation sites excluding steroid dienone is 1. The van der Waals surface area contributed by atoms with Crippen molar-refractivity contribution in [1.82, 2.24) is 9.55 Å². The minimum Gasteiger partial charge on any atom is -0.333 e. The molecule has 1 aliphatic rings. The van der Waals surface area contributed by atoms with E-state index in [4.69, 9.17) is 0 Å². The van der Waals surface area contributed by atoms with E-state index in [1.54, 1.807) is 54.4 Å². The highest BCUT2D eigenvalue weighted by atomic mass is 32.2. The van der Waals surface area contributed by atoms with Crippen molar-refractivity contribution < 1.29 is 9.59 Å². The van der Waals surface area contributed by atoms with Gasteiger partial charge in [-0.05, 0) is 35.9 Å². The molecule has 33 heavy (non-hydrogen) atoms. The van der Waals surface area contributed by atoms with Gasteiger partial charge in [-0.15, -0.1) is 11.8 Å². The largest absolute Gasteiger partial charge is 0.333 e. The molecule has 1 amide bonds. The number of pyridine rings is 1. The number of fused-ring (bicyclic) bond motifs is 1. The summed E-state index contributed by atoms with van der Waals surface area (Å²) in [5, 5.41) is 3.07. The van der Waals surface area contributed by atoms with E-state index in [9.17, 15) is 9.59 Å². The molecule has 2 aromatic carbocycles. The van der Waals surface area contributed by atoms with Gasteiger partial charge in [-0.3, -0.25) is 14.6 Å². The van der Waals surface area contributed by atoms with Crippen LogP contribution in [0, 0.1) is 0 Å². The number of hydrogen-bond donors (Lipinski definition) is 1. The zero-order valence-electron chi connectivity index (χ0n) is 17.7. The maximum atomic E-state index is 13.0. The quantitative estimate of drug-likeness (QED) is 0.296. The summed E-state index contributed by atoms with van der Waals surface area (Å²) in [4.78, 5) is 29.8. The molecule has 0 saturated carbocycles. The fourth-order valence-electron chi connectivity index (χ4n) is 3.86. The van der Waals surface area contributed by atoms with Gasteiger partial charge in [0.1, 0.15) is 5.37 Å². The van der Waals surface area contributed by atoms with Gasteiger partial charge < -0.3 is 9.88 Å². The van der Waals surface area contributed by atoms with E-state index in [0.29, 0.717) is 16.8 Å². The third-order valence-corrected chi connectivity index (χ3v) is 6.76. The molecule has 2 aromatic heterocycles. The third-order valence-electron chi connectivity index (χ3n) is 5.50. The van der Waals surface area contributed by atoms with Gasteiger partial charge in [0.25, 0.3) is 5.91 Å². The minimum atomic E-state index is -0.180. The molecule has 0 fully saturated rings. The average molecular weight is 452 g/mol. The lowest BCUT2D eigenvalue weighted by atomic mass is 10.1. The number of anilines is 1. The van der Waals surface area contributed by atoms with E-state index in [-0.39, 0.29) is 17.1 Å². The topological polar surface area (TPSA) is 64.0 Å². The lowest BCUT2D eigenvalue weighted by Gasteiger charge is -2.12. The molecule has 1 atom stereocenters. The number of ketones is 1. The Morgan fingerprint density at radius 1 is 1.03 bits per heavy atom. The van der Waals surface area contributed by atoms with Gasteiger partial charge in [-0.1, -0.05) is 54.6 Å². The second-order valence-corrected chi connectivity index (χ2v) is 8.74. The molecule has 1 aliphatic heterocycles. The lowest BCUT2D eigenvalue weighted by Crippen LogP contribution is -2.13. The van der Waals surface area contributed by atoms with Crippen LogP contribution in [-0.4, -0.2) is 21.2 Å². The Morgan fingerprint density at radius 3 is 2.73 bits per heavy atom. The molecule has 0 aliphatic carbocycles. The van der Waals surface area contributed by atoms with E-state index in [0.717, 1.165) is 22.6 Å². The SMILES string of the molecule is O=C(C=Cc1ccccc1)c1cccc(NC(=O)c2ccn3c2CSC3c2cccnc2)c1. The minimum absolute atomic E-state index is 0.115. The number of rotatable bonds is 6. The fourth-order valence-corrected chi connectivity index (χ4v) is 5.17. The Balaban J connectivity index is 1.31. The van der Waals surface area contributed by atoms with Crippen LogP contribution in [0.3, 0.4) is 0 Å². The summed E-state index contributed by atoms with van der Waals surface area (Å²) >= 11 is 1.77. The summed E-state index contributed by atoms with van der Waals surface area (Å²) in [5.41, 5.74) is 4.82. The second-order valence-electron chi connectivity index (χ2n) is 7.68. The third kappa shape index (κ3) is 4.52. The second kappa shape index (κ2) is 9.30. The number of nitrogens with one attached hydrogen (secondary N) is 1. The van der Waals surface area contributed by atoms with E-state index in [2.05, 4.69) is 14.9 Å². The average Bonchev–Trinajstić information content (AvgIpc) is 3.46. The van der Waals surface area contributed by atoms with Crippen LogP contribution in [0.25, 0.3) is 6.08 Å². The van der Waals surface area contributed by atoms with Gasteiger partial charge in [0.05, 0.1) is 5.56 Å². The summed E-state index contributed by atoms with van der Waals surface area (Å²) in [6.07, 6.45) is 8.91. The number of nitrogens with zero attached hydrogens (tertiary/aromatic N) is 2. The number of benzene rings is 2. The smallest absolute Gasteiger partial charge is 0.257 e. The van der Waals surface area contributed by atoms with Crippen LogP contribution in [-0.2, 0) is 5.75 Å². The van der Waals surface area contributed by atoms with E-state index in [1.807, 2.05) is 60.9 Å². The van der Waals surface area contributed by atoms with E-state index in [1.165, 1.54) is 0 Å². The highest BCUT2D eigenvalue weighted by Crippen LogP contribution is 2.41. The molecule has 1 unspecified atom stereocenters. The molecule has 5 rings (SSSR count). The molecule has 4 aromatic rings. The van der Waals surface area contributed by atoms with Crippen LogP contribution in [0.15, 0.2) is 97.5 Å². The number of thioether (sulfide) groups is 1. The summed E-state index contributed by atoms with van der Waals surface area (Å²) in [6.45, 7) is 0. The van der Waals surface area contributed by atoms with Crippen molar-refractivity contribution in [2.45, 2.75) is 11.1 Å². The zero-order valence-corrected chi connectivity index (χ0v) is 18.5. The molecule has 0 saturated heterocycles. The Morgan fingerprint density at radius 2 is 1.91 bits per heavy atom. The van der Waals surface area contributed by atoms with Gasteiger partial charge in [-0.25, -0.2) is 0 Å². The van der Waals surface area contributed by atoms with Crippen molar-refractivity contribution >= 4 is 35.2 Å². The molecule has 5 nitrogen and oxygen atoms in total. The lowest BCUT2D eigenvalue weighted by molar-refractivity contribution is 0.102. The molecule has 6 heteroatoms. The number of carbonyl (C=O) groups excluding carboxylic acids is 2.